The van der Waals surface area contributed by atoms with Gasteiger partial charge in [-0.05, 0) is 80.3 Å². The standard InChI is InChI=1S/C27H27N3O6/c1-16-22(10-13-26(33)35-3)17(2)30(29-16)21-8-4-18(5-9-21)27(34)36-15-24(31)20-6-11-23-19(14-20)7-12-25(32)28-23/h4-6,8-9,11,14H,7,10,12-13,15H2,1-3H3,(H,28,32). The van der Waals surface area contributed by atoms with Gasteiger partial charge in [0.2, 0.25) is 5.91 Å². The van der Waals surface area contributed by atoms with Crippen molar-refractivity contribution >= 4 is 29.3 Å². The Morgan fingerprint density at radius 3 is 2.47 bits per heavy atom. The number of ketones is 1. The Morgan fingerprint density at radius 1 is 1.03 bits per heavy atom. The Hall–Kier alpha value is -4.27. The molecule has 0 radical (unpaired) electrons. The van der Waals surface area contributed by atoms with E-state index in [1.165, 1.54) is 7.11 Å². The number of rotatable bonds is 8. The SMILES string of the molecule is COC(=O)CCc1c(C)nn(-c2ccc(C(=O)OCC(=O)c3ccc4c(c3)CCC(=O)N4)cc2)c1C. The Morgan fingerprint density at radius 2 is 1.75 bits per heavy atom. The van der Waals surface area contributed by atoms with Gasteiger partial charge in [0, 0.05) is 29.8 Å². The molecule has 9 heteroatoms. The second-order valence-electron chi connectivity index (χ2n) is 8.60. The minimum atomic E-state index is -0.604. The number of anilines is 1. The lowest BCUT2D eigenvalue weighted by molar-refractivity contribution is -0.140. The predicted octanol–water partition coefficient (Wildman–Crippen LogP) is 3.52. The Labute approximate surface area is 208 Å². The molecule has 9 nitrogen and oxygen atoms in total. The number of carbonyl (C=O) groups is 4. The highest BCUT2D eigenvalue weighted by Crippen LogP contribution is 2.24. The first-order valence-corrected chi connectivity index (χ1v) is 11.6. The number of esters is 2. The molecule has 1 aliphatic heterocycles. The van der Waals surface area contributed by atoms with Gasteiger partial charge in [-0.2, -0.15) is 5.10 Å². The highest BCUT2D eigenvalue weighted by atomic mass is 16.5. The fourth-order valence-electron chi connectivity index (χ4n) is 4.21. The van der Waals surface area contributed by atoms with Crippen molar-refractivity contribution in [2.24, 2.45) is 0 Å². The van der Waals surface area contributed by atoms with Crippen LogP contribution in [0.25, 0.3) is 5.69 Å². The maximum Gasteiger partial charge on any atom is 0.338 e. The van der Waals surface area contributed by atoms with Crippen LogP contribution in [-0.4, -0.2) is 47.1 Å². The average Bonchev–Trinajstić information content (AvgIpc) is 3.18. The minimum Gasteiger partial charge on any atom is -0.469 e. The molecule has 36 heavy (non-hydrogen) atoms. The summed E-state index contributed by atoms with van der Waals surface area (Å²) in [6, 6.07) is 11.8. The third-order valence-electron chi connectivity index (χ3n) is 6.25. The Balaban J connectivity index is 1.38. The lowest BCUT2D eigenvalue weighted by Crippen LogP contribution is -2.20. The number of aryl methyl sites for hydroxylation is 2. The second-order valence-corrected chi connectivity index (χ2v) is 8.60. The van der Waals surface area contributed by atoms with Crippen LogP contribution in [0.4, 0.5) is 5.69 Å². The number of aromatic nitrogens is 2. The Kier molecular flexibility index (Phi) is 7.28. The molecular weight excluding hydrogens is 462 g/mol. The zero-order chi connectivity index (χ0) is 25.8. The molecule has 4 rings (SSSR count). The first kappa shape index (κ1) is 24.8. The van der Waals surface area contributed by atoms with Crippen molar-refractivity contribution in [3.05, 3.63) is 76.1 Å². The largest absolute Gasteiger partial charge is 0.469 e. The predicted molar refractivity (Wildman–Crippen MR) is 131 cm³/mol. The number of methoxy groups -OCH3 is 1. The summed E-state index contributed by atoms with van der Waals surface area (Å²) >= 11 is 0. The number of fused-ring (bicyclic) bond motifs is 1. The van der Waals surface area contributed by atoms with Crippen molar-refractivity contribution in [3.63, 3.8) is 0 Å². The smallest absolute Gasteiger partial charge is 0.338 e. The molecule has 0 atom stereocenters. The molecule has 2 aromatic carbocycles. The van der Waals surface area contributed by atoms with Gasteiger partial charge in [-0.15, -0.1) is 0 Å². The maximum absolute atomic E-state index is 12.6. The van der Waals surface area contributed by atoms with Crippen molar-refractivity contribution < 1.29 is 28.7 Å². The normalized spacial score (nSPS) is 12.5. The molecule has 0 fully saturated rings. The third kappa shape index (κ3) is 5.35. The molecule has 0 aliphatic carbocycles. The first-order valence-electron chi connectivity index (χ1n) is 11.6. The quantitative estimate of drug-likeness (QED) is 0.380. The molecule has 0 spiro atoms. The number of carbonyl (C=O) groups excluding carboxylic acids is 4. The van der Waals surface area contributed by atoms with E-state index in [0.29, 0.717) is 36.1 Å². The number of nitrogens with one attached hydrogen (secondary N) is 1. The van der Waals surface area contributed by atoms with Gasteiger partial charge in [-0.3, -0.25) is 14.4 Å². The van der Waals surface area contributed by atoms with E-state index in [1.54, 1.807) is 47.1 Å². The zero-order valence-electron chi connectivity index (χ0n) is 20.4. The molecule has 3 aromatic rings. The van der Waals surface area contributed by atoms with E-state index in [-0.39, 0.29) is 30.7 Å². The van der Waals surface area contributed by atoms with Crippen LogP contribution in [0.5, 0.6) is 0 Å². The van der Waals surface area contributed by atoms with Crippen LogP contribution in [0.15, 0.2) is 42.5 Å². The summed E-state index contributed by atoms with van der Waals surface area (Å²) in [7, 11) is 1.36. The molecule has 186 valence electrons. The lowest BCUT2D eigenvalue weighted by atomic mass is 9.99. The van der Waals surface area contributed by atoms with Crippen LogP contribution in [-0.2, 0) is 31.9 Å². The first-order chi connectivity index (χ1) is 17.3. The van der Waals surface area contributed by atoms with E-state index in [4.69, 9.17) is 9.47 Å². The van der Waals surface area contributed by atoms with Gasteiger partial charge in [0.15, 0.2) is 12.4 Å². The summed E-state index contributed by atoms with van der Waals surface area (Å²) in [5.41, 5.74) is 5.80. The number of hydrogen-bond acceptors (Lipinski definition) is 7. The fraction of sp³-hybridized carbons (Fsp3) is 0.296. The van der Waals surface area contributed by atoms with Gasteiger partial charge in [-0.25, -0.2) is 9.48 Å². The fourth-order valence-corrected chi connectivity index (χ4v) is 4.21. The van der Waals surface area contributed by atoms with Gasteiger partial charge in [0.1, 0.15) is 0 Å². The van der Waals surface area contributed by atoms with Crippen molar-refractivity contribution in [1.29, 1.82) is 0 Å². The monoisotopic (exact) mass is 489 g/mol. The van der Waals surface area contributed by atoms with Crippen LogP contribution < -0.4 is 5.32 Å². The molecule has 0 unspecified atom stereocenters. The summed E-state index contributed by atoms with van der Waals surface area (Å²) in [5, 5.41) is 7.34. The topological polar surface area (TPSA) is 117 Å². The van der Waals surface area contributed by atoms with E-state index in [9.17, 15) is 19.2 Å². The summed E-state index contributed by atoms with van der Waals surface area (Å²) in [4.78, 5) is 48.1. The van der Waals surface area contributed by atoms with Crippen molar-refractivity contribution in [1.82, 2.24) is 9.78 Å². The van der Waals surface area contributed by atoms with E-state index in [2.05, 4.69) is 10.4 Å². The molecule has 1 amide bonds. The summed E-state index contributed by atoms with van der Waals surface area (Å²) < 4.78 is 11.7. The number of amides is 1. The van der Waals surface area contributed by atoms with Crippen LogP contribution >= 0.6 is 0 Å². The van der Waals surface area contributed by atoms with Gasteiger partial charge in [0.25, 0.3) is 0 Å². The second kappa shape index (κ2) is 10.6. The van der Waals surface area contributed by atoms with Crippen molar-refractivity contribution in [3.8, 4) is 5.69 Å². The zero-order valence-corrected chi connectivity index (χ0v) is 20.4. The van der Waals surface area contributed by atoms with E-state index in [1.807, 2.05) is 13.8 Å². The van der Waals surface area contributed by atoms with Gasteiger partial charge >= 0.3 is 11.9 Å². The van der Waals surface area contributed by atoms with E-state index in [0.717, 1.165) is 28.2 Å². The highest BCUT2D eigenvalue weighted by molar-refractivity contribution is 6.01. The van der Waals surface area contributed by atoms with Crippen LogP contribution in [0.2, 0.25) is 0 Å². The molecule has 1 N–H and O–H groups in total. The number of Topliss-reactive ketones (excluding diaryl/α,β-unsaturated/α-hetero) is 1. The lowest BCUT2D eigenvalue weighted by Gasteiger charge is -2.17. The van der Waals surface area contributed by atoms with Gasteiger partial charge < -0.3 is 14.8 Å². The van der Waals surface area contributed by atoms with Gasteiger partial charge in [0.05, 0.1) is 24.1 Å². The van der Waals surface area contributed by atoms with Gasteiger partial charge in [-0.1, -0.05) is 0 Å². The molecular formula is C27H27N3O6. The Bertz CT molecular complexity index is 1340. The van der Waals surface area contributed by atoms with E-state index < -0.39 is 5.97 Å². The van der Waals surface area contributed by atoms with Crippen LogP contribution in [0.1, 0.15) is 56.1 Å². The average molecular weight is 490 g/mol. The van der Waals surface area contributed by atoms with Crippen molar-refractivity contribution in [2.45, 2.75) is 39.5 Å². The van der Waals surface area contributed by atoms with Crippen molar-refractivity contribution in [2.75, 3.05) is 19.0 Å². The number of benzene rings is 2. The highest BCUT2D eigenvalue weighted by Gasteiger charge is 2.19. The molecule has 0 saturated heterocycles. The van der Waals surface area contributed by atoms with E-state index >= 15 is 0 Å². The third-order valence-corrected chi connectivity index (χ3v) is 6.25. The molecule has 1 aliphatic rings. The molecule has 1 aromatic heterocycles. The molecule has 0 saturated carbocycles. The van der Waals surface area contributed by atoms with Crippen LogP contribution in [0.3, 0.4) is 0 Å². The number of hydrogen-bond donors (Lipinski definition) is 1. The molecule has 0 bridgehead atoms. The molecule has 2 heterocycles. The summed E-state index contributed by atoms with van der Waals surface area (Å²) in [5.74, 6) is -1.24. The maximum atomic E-state index is 12.6. The van der Waals surface area contributed by atoms with Crippen LogP contribution in [0, 0.1) is 13.8 Å². The summed E-state index contributed by atoms with van der Waals surface area (Å²) in [6.07, 6.45) is 1.75. The number of nitrogens with zero attached hydrogens (tertiary/aromatic N) is 2. The minimum absolute atomic E-state index is 0.0432. The summed E-state index contributed by atoms with van der Waals surface area (Å²) in [6.45, 7) is 3.43. The number of ether oxygens (including phenoxy) is 2.